The summed E-state index contributed by atoms with van der Waals surface area (Å²) in [5, 5.41) is 15.8. The lowest BCUT2D eigenvalue weighted by atomic mass is 10.1. The number of hydroxylamine groups is 1. The van der Waals surface area contributed by atoms with Gasteiger partial charge in [0.15, 0.2) is 10.3 Å². The van der Waals surface area contributed by atoms with E-state index >= 15 is 0 Å². The van der Waals surface area contributed by atoms with Crippen LogP contribution >= 0.6 is 23.5 Å². The van der Waals surface area contributed by atoms with Gasteiger partial charge < -0.3 is 20.2 Å². The first-order valence-corrected chi connectivity index (χ1v) is 12.8. The van der Waals surface area contributed by atoms with Crippen LogP contribution in [0.4, 0.5) is 11.4 Å². The van der Waals surface area contributed by atoms with Crippen molar-refractivity contribution in [2.75, 3.05) is 16.6 Å². The van der Waals surface area contributed by atoms with Crippen molar-refractivity contribution in [1.29, 1.82) is 0 Å². The molecule has 0 saturated carbocycles. The van der Waals surface area contributed by atoms with E-state index in [1.807, 2.05) is 48.5 Å². The van der Waals surface area contributed by atoms with Gasteiger partial charge in [-0.1, -0.05) is 59.9 Å². The number of imidazole rings is 2. The first-order chi connectivity index (χ1) is 16.7. The molecule has 0 unspecified atom stereocenters. The molecule has 170 valence electrons. The minimum Gasteiger partial charge on any atom is -0.758 e. The molecule has 1 aliphatic rings. The molecular formula is C24H20N6O2S2. The Morgan fingerprint density at radius 1 is 0.824 bits per heavy atom. The molecular weight excluding hydrogens is 468 g/mol. The van der Waals surface area contributed by atoms with Gasteiger partial charge in [0, 0.05) is 21.5 Å². The lowest BCUT2D eigenvalue weighted by molar-refractivity contribution is -0.505. The second-order valence-electron chi connectivity index (χ2n) is 8.02. The summed E-state index contributed by atoms with van der Waals surface area (Å²) in [5.41, 5.74) is 4.44. The molecule has 0 saturated heterocycles. The van der Waals surface area contributed by atoms with Gasteiger partial charge >= 0.3 is 0 Å². The summed E-state index contributed by atoms with van der Waals surface area (Å²) < 4.78 is 0.989. The summed E-state index contributed by atoms with van der Waals surface area (Å²) in [4.78, 5) is 29.2. The Morgan fingerprint density at radius 2 is 1.38 bits per heavy atom. The summed E-state index contributed by atoms with van der Waals surface area (Å²) in [7, 11) is 0. The molecule has 3 heterocycles. The number of hydrogen-bond donors (Lipinski definition) is 2. The number of hydrogen-bond acceptors (Lipinski definition) is 7. The van der Waals surface area contributed by atoms with E-state index in [1.165, 1.54) is 23.5 Å². The van der Waals surface area contributed by atoms with Crippen molar-refractivity contribution in [2.45, 2.75) is 22.4 Å². The zero-order valence-corrected chi connectivity index (χ0v) is 19.6. The Hall–Kier alpha value is -3.34. The Bertz CT molecular complexity index is 1430. The van der Waals surface area contributed by atoms with E-state index < -0.39 is 12.1 Å². The first kappa shape index (κ1) is 21.2. The highest BCUT2D eigenvalue weighted by molar-refractivity contribution is 7.99. The maximum absolute atomic E-state index is 13.4. The summed E-state index contributed by atoms with van der Waals surface area (Å²) in [6, 6.07) is 21.5. The highest BCUT2D eigenvalue weighted by Gasteiger charge is 2.44. The van der Waals surface area contributed by atoms with Crippen molar-refractivity contribution >= 4 is 57.0 Å². The van der Waals surface area contributed by atoms with E-state index in [1.54, 1.807) is 24.3 Å². The van der Waals surface area contributed by atoms with E-state index in [2.05, 4.69) is 19.9 Å². The second-order valence-corrected chi connectivity index (χ2v) is 10.0. The van der Waals surface area contributed by atoms with Gasteiger partial charge in [-0.25, -0.2) is 9.97 Å². The van der Waals surface area contributed by atoms with Crippen LogP contribution in [0.1, 0.15) is 0 Å². The number of anilines is 1. The lowest BCUT2D eigenvalue weighted by Gasteiger charge is -2.42. The quantitative estimate of drug-likeness (QED) is 0.241. The third-order valence-corrected chi connectivity index (χ3v) is 7.87. The van der Waals surface area contributed by atoms with E-state index in [0.717, 1.165) is 42.2 Å². The monoisotopic (exact) mass is 488 g/mol. The molecule has 10 heteroatoms. The van der Waals surface area contributed by atoms with Crippen LogP contribution in [0.5, 0.6) is 0 Å². The van der Waals surface area contributed by atoms with Crippen LogP contribution in [0.15, 0.2) is 83.1 Å². The second kappa shape index (κ2) is 8.79. The minimum absolute atomic E-state index is 0.401. The van der Waals surface area contributed by atoms with Crippen molar-refractivity contribution in [3.63, 3.8) is 0 Å². The number of para-hydroxylation sites is 6. The van der Waals surface area contributed by atoms with Crippen LogP contribution in [0.3, 0.4) is 0 Å². The number of aromatic amines is 2. The molecule has 0 amide bonds. The Balaban J connectivity index is 1.26. The van der Waals surface area contributed by atoms with Gasteiger partial charge in [-0.2, -0.15) is 0 Å². The highest BCUT2D eigenvalue weighted by atomic mass is 32.2. The van der Waals surface area contributed by atoms with E-state index in [4.69, 9.17) is 0 Å². The molecule has 5 aromatic rings. The highest BCUT2D eigenvalue weighted by Crippen LogP contribution is 2.39. The maximum Gasteiger partial charge on any atom is 0.278 e. The van der Waals surface area contributed by atoms with Crippen LogP contribution in [0, 0.1) is 10.1 Å². The molecule has 2 N–H and O–H groups in total. The maximum atomic E-state index is 13.4. The summed E-state index contributed by atoms with van der Waals surface area (Å²) in [5.74, 6) is 0.837. The number of fused-ring (bicyclic) bond motifs is 3. The summed E-state index contributed by atoms with van der Waals surface area (Å²) >= 11 is 2.91. The number of H-pyrrole nitrogens is 2. The number of aromatic nitrogens is 4. The fourth-order valence-corrected chi connectivity index (χ4v) is 6.25. The molecule has 2 aromatic heterocycles. The average molecular weight is 489 g/mol. The van der Waals surface area contributed by atoms with Crippen LogP contribution in [-0.4, -0.2) is 48.3 Å². The fraction of sp³-hybridized carbons (Fsp3) is 0.167. The van der Waals surface area contributed by atoms with Crippen molar-refractivity contribution in [1.82, 2.24) is 19.9 Å². The topological polar surface area (TPSA) is 104 Å². The molecule has 2 atom stereocenters. The Labute approximate surface area is 203 Å². The predicted molar refractivity (Wildman–Crippen MR) is 137 cm³/mol. The smallest absolute Gasteiger partial charge is 0.278 e. The zero-order chi connectivity index (χ0) is 23.1. The summed E-state index contributed by atoms with van der Waals surface area (Å²) in [6.07, 6.45) is 0. The summed E-state index contributed by atoms with van der Waals surface area (Å²) in [6.45, 7) is 0. The average Bonchev–Trinajstić information content (AvgIpc) is 3.48. The van der Waals surface area contributed by atoms with Gasteiger partial charge in [0.2, 0.25) is 6.04 Å². The molecule has 0 aliphatic carbocycles. The van der Waals surface area contributed by atoms with Crippen LogP contribution in [0.25, 0.3) is 22.1 Å². The van der Waals surface area contributed by atoms with Crippen LogP contribution in [0.2, 0.25) is 0 Å². The van der Waals surface area contributed by atoms with Crippen molar-refractivity contribution in [3.8, 4) is 0 Å². The van der Waals surface area contributed by atoms with E-state index in [9.17, 15) is 10.1 Å². The number of nitrogens with one attached hydrogen (secondary N) is 2. The number of benzene rings is 3. The molecule has 0 radical (unpaired) electrons. The molecule has 0 spiro atoms. The van der Waals surface area contributed by atoms with Crippen LogP contribution < -0.4 is 5.06 Å². The molecule has 6 rings (SSSR count). The van der Waals surface area contributed by atoms with E-state index in [0.29, 0.717) is 22.9 Å². The normalized spacial score (nSPS) is 18.0. The van der Waals surface area contributed by atoms with Crippen molar-refractivity contribution < 1.29 is 4.76 Å². The molecule has 34 heavy (non-hydrogen) atoms. The standard InChI is InChI=1S/C24H20N6O2S2/c31-29-19-11-5-6-12-20(19)30(32)22(14-34-24-27-17-9-3-4-10-18(17)28-24)21(29)13-33-23-25-15-7-1-2-8-16(15)26-23/h1-12,21-22H,13-14H2,(H,25,26)(H,27,28)/t21-,22-/m0/s1. The lowest BCUT2D eigenvalue weighted by Crippen LogP contribution is -2.51. The first-order valence-electron chi connectivity index (χ1n) is 10.8. The third kappa shape index (κ3) is 3.83. The van der Waals surface area contributed by atoms with Crippen LogP contribution in [-0.2, 0) is 0 Å². The molecule has 8 nitrogen and oxygen atoms in total. The van der Waals surface area contributed by atoms with Gasteiger partial charge in [-0.3, -0.25) is 0 Å². The number of thioether (sulfide) groups is 2. The minimum atomic E-state index is -0.553. The van der Waals surface area contributed by atoms with E-state index in [-0.39, 0.29) is 0 Å². The van der Waals surface area contributed by atoms with Crippen molar-refractivity contribution in [2.24, 2.45) is 0 Å². The van der Waals surface area contributed by atoms with Gasteiger partial charge in [0.05, 0.1) is 33.9 Å². The Morgan fingerprint density at radius 3 is 2.03 bits per heavy atom. The number of rotatable bonds is 6. The van der Waals surface area contributed by atoms with Gasteiger partial charge in [-0.05, 0) is 30.3 Å². The zero-order valence-electron chi connectivity index (χ0n) is 17.9. The van der Waals surface area contributed by atoms with Gasteiger partial charge in [0.1, 0.15) is 5.69 Å². The molecule has 1 aliphatic heterocycles. The SMILES string of the molecule is O=[N+]1c2ccccc2N([O-])[C@@H](CSc2nc3ccccc3[nH]2)[C@@H]1CSc1nc2ccccc2[nH]1. The molecule has 0 fully saturated rings. The van der Waals surface area contributed by atoms with Gasteiger partial charge in [0.25, 0.3) is 5.69 Å². The third-order valence-electron chi connectivity index (χ3n) is 5.92. The van der Waals surface area contributed by atoms with Gasteiger partial charge in [-0.15, -0.1) is 0 Å². The largest absolute Gasteiger partial charge is 0.758 e. The predicted octanol–water partition coefficient (Wildman–Crippen LogP) is 5.49. The fourth-order valence-electron chi connectivity index (χ4n) is 4.19. The Kier molecular flexibility index (Phi) is 5.48. The number of nitrogens with zero attached hydrogens (tertiary/aromatic N) is 4. The van der Waals surface area contributed by atoms with Crippen molar-refractivity contribution in [3.05, 3.63) is 82.9 Å². The number of nitroso groups, excluding NO2 is 1. The molecule has 0 bridgehead atoms. The molecule has 3 aromatic carbocycles.